The van der Waals surface area contributed by atoms with Gasteiger partial charge in [0.25, 0.3) is 0 Å². The number of Topliss-reactive ketones (excluding diaryl/α,β-unsaturated/α-hetero) is 1. The van der Waals surface area contributed by atoms with Crippen LogP contribution in [0.5, 0.6) is 0 Å². The number of hydrogen-bond donors (Lipinski definition) is 1. The molecule has 0 saturated heterocycles. The molecule has 0 heterocycles. The van der Waals surface area contributed by atoms with Crippen molar-refractivity contribution in [2.75, 3.05) is 7.05 Å². The summed E-state index contributed by atoms with van der Waals surface area (Å²) in [6.07, 6.45) is 7.85. The first kappa shape index (κ1) is 13.6. The molecule has 4 saturated carbocycles. The monoisotopic (exact) mass is 274 g/mol. The molecule has 4 aliphatic rings. The van der Waals surface area contributed by atoms with Gasteiger partial charge in [-0.25, -0.2) is 0 Å². The Morgan fingerprint density at radius 2 is 1.70 bits per heavy atom. The molecule has 4 heteroatoms. The van der Waals surface area contributed by atoms with Crippen LogP contribution in [-0.2, 0) is 9.59 Å². The zero-order valence-corrected chi connectivity index (χ0v) is 12.0. The number of rotatable bonds is 4. The lowest BCUT2D eigenvalue weighted by molar-refractivity contribution is -0.136. The summed E-state index contributed by atoms with van der Waals surface area (Å²) in [6, 6.07) is 1.87. The number of carbonyl (C=O) groups is 2. The molecule has 0 spiro atoms. The lowest BCUT2D eigenvalue weighted by Gasteiger charge is -2.56. The number of carbonyl (C=O) groups excluding carboxylic acids is 2. The van der Waals surface area contributed by atoms with E-state index < -0.39 is 11.8 Å². The van der Waals surface area contributed by atoms with Crippen LogP contribution in [0.3, 0.4) is 0 Å². The minimum Gasteiger partial charge on any atom is -0.358 e. The van der Waals surface area contributed by atoms with Gasteiger partial charge in [-0.05, 0) is 61.7 Å². The molecule has 4 nitrogen and oxygen atoms in total. The molecule has 4 rings (SSSR count). The number of ketones is 1. The predicted molar refractivity (Wildman–Crippen MR) is 73.4 cm³/mol. The SMILES string of the molecule is CNC(=O)C(C#N)C(=O)CC12CC3CC(CC(C3)C1)C2. The third kappa shape index (κ3) is 2.24. The maximum atomic E-state index is 12.4. The molecule has 1 unspecified atom stereocenters. The Morgan fingerprint density at radius 3 is 2.10 bits per heavy atom. The highest BCUT2D eigenvalue weighted by atomic mass is 16.2. The Hall–Kier alpha value is -1.37. The average molecular weight is 274 g/mol. The van der Waals surface area contributed by atoms with E-state index in [0.29, 0.717) is 6.42 Å². The van der Waals surface area contributed by atoms with Gasteiger partial charge in [-0.15, -0.1) is 0 Å². The van der Waals surface area contributed by atoms with Crippen LogP contribution in [0.25, 0.3) is 0 Å². The maximum Gasteiger partial charge on any atom is 0.244 e. The van der Waals surface area contributed by atoms with Crippen molar-refractivity contribution >= 4 is 11.7 Å². The second kappa shape index (κ2) is 4.87. The Bertz CT molecular complexity index is 442. The standard InChI is InChI=1S/C16H22N2O2/c1-18-15(20)13(9-17)14(19)8-16-5-10-2-11(6-16)4-12(3-10)7-16/h10-13H,2-8H2,1H3,(H,18,20). The molecule has 4 aliphatic carbocycles. The topological polar surface area (TPSA) is 70.0 Å². The van der Waals surface area contributed by atoms with E-state index in [2.05, 4.69) is 5.32 Å². The molecule has 0 radical (unpaired) electrons. The largest absolute Gasteiger partial charge is 0.358 e. The summed E-state index contributed by atoms with van der Waals surface area (Å²) in [4.78, 5) is 24.0. The molecule has 0 aromatic rings. The molecule has 20 heavy (non-hydrogen) atoms. The van der Waals surface area contributed by atoms with E-state index in [0.717, 1.165) is 37.0 Å². The van der Waals surface area contributed by atoms with Gasteiger partial charge in [-0.2, -0.15) is 5.26 Å². The van der Waals surface area contributed by atoms with Crippen molar-refractivity contribution in [3.63, 3.8) is 0 Å². The molecule has 0 aromatic carbocycles. The fourth-order valence-corrected chi connectivity index (χ4v) is 5.40. The van der Waals surface area contributed by atoms with Crippen LogP contribution in [-0.4, -0.2) is 18.7 Å². The van der Waals surface area contributed by atoms with Crippen molar-refractivity contribution in [2.24, 2.45) is 29.1 Å². The first-order valence-electron chi connectivity index (χ1n) is 7.69. The van der Waals surface area contributed by atoms with E-state index in [1.165, 1.54) is 26.3 Å². The highest BCUT2D eigenvalue weighted by molar-refractivity contribution is 6.04. The van der Waals surface area contributed by atoms with Crippen LogP contribution in [0.4, 0.5) is 0 Å². The van der Waals surface area contributed by atoms with Crippen LogP contribution in [0, 0.1) is 40.4 Å². The lowest BCUT2D eigenvalue weighted by Crippen LogP contribution is -2.48. The molecule has 108 valence electrons. The summed E-state index contributed by atoms with van der Waals surface area (Å²) < 4.78 is 0. The molecule has 1 amide bonds. The zero-order valence-electron chi connectivity index (χ0n) is 12.0. The Kier molecular flexibility index (Phi) is 3.32. The van der Waals surface area contributed by atoms with Crippen LogP contribution in [0.1, 0.15) is 44.9 Å². The first-order chi connectivity index (χ1) is 9.55. The van der Waals surface area contributed by atoms with E-state index >= 15 is 0 Å². The van der Waals surface area contributed by atoms with Crippen molar-refractivity contribution in [1.29, 1.82) is 5.26 Å². The number of nitrogens with zero attached hydrogens (tertiary/aromatic N) is 1. The smallest absolute Gasteiger partial charge is 0.244 e. The van der Waals surface area contributed by atoms with Crippen LogP contribution < -0.4 is 5.32 Å². The second-order valence-electron chi connectivity index (χ2n) is 7.24. The summed E-state index contributed by atoms with van der Waals surface area (Å²) in [5.41, 5.74) is 0.106. The Morgan fingerprint density at radius 1 is 1.20 bits per heavy atom. The van der Waals surface area contributed by atoms with Crippen molar-refractivity contribution < 1.29 is 9.59 Å². The van der Waals surface area contributed by atoms with Crippen LogP contribution >= 0.6 is 0 Å². The minimum atomic E-state index is -1.12. The van der Waals surface area contributed by atoms with Gasteiger partial charge in [0.05, 0.1) is 6.07 Å². The van der Waals surface area contributed by atoms with Crippen LogP contribution in [0.2, 0.25) is 0 Å². The summed E-state index contributed by atoms with van der Waals surface area (Å²) >= 11 is 0. The number of amides is 1. The zero-order chi connectivity index (χ0) is 14.3. The maximum absolute atomic E-state index is 12.4. The van der Waals surface area contributed by atoms with Gasteiger partial charge in [0, 0.05) is 13.5 Å². The normalized spacial score (nSPS) is 39.1. The molecule has 4 fully saturated rings. The molecule has 4 bridgehead atoms. The van der Waals surface area contributed by atoms with Gasteiger partial charge in [-0.1, -0.05) is 0 Å². The van der Waals surface area contributed by atoms with Crippen molar-refractivity contribution in [2.45, 2.75) is 44.9 Å². The quantitative estimate of drug-likeness (QED) is 0.798. The number of nitriles is 1. The van der Waals surface area contributed by atoms with E-state index in [4.69, 9.17) is 5.26 Å². The fourth-order valence-electron chi connectivity index (χ4n) is 5.40. The van der Waals surface area contributed by atoms with E-state index in [1.807, 2.05) is 6.07 Å². The predicted octanol–water partition coefficient (Wildman–Crippen LogP) is 2.05. The van der Waals surface area contributed by atoms with Gasteiger partial charge >= 0.3 is 0 Å². The van der Waals surface area contributed by atoms with E-state index in [-0.39, 0.29) is 11.2 Å². The summed E-state index contributed by atoms with van der Waals surface area (Å²) in [7, 11) is 1.48. The molecule has 0 aromatic heterocycles. The third-order valence-electron chi connectivity index (χ3n) is 5.67. The number of hydrogen-bond acceptors (Lipinski definition) is 3. The van der Waals surface area contributed by atoms with Gasteiger partial charge < -0.3 is 5.32 Å². The highest BCUT2D eigenvalue weighted by Crippen LogP contribution is 2.61. The lowest BCUT2D eigenvalue weighted by atomic mass is 9.48. The average Bonchev–Trinajstić information content (AvgIpc) is 2.36. The van der Waals surface area contributed by atoms with E-state index in [1.54, 1.807) is 0 Å². The minimum absolute atomic E-state index is 0.106. The fraction of sp³-hybridized carbons (Fsp3) is 0.812. The van der Waals surface area contributed by atoms with Gasteiger partial charge in [-0.3, -0.25) is 9.59 Å². The number of nitrogens with one attached hydrogen (secondary N) is 1. The van der Waals surface area contributed by atoms with Crippen molar-refractivity contribution in [3.05, 3.63) is 0 Å². The van der Waals surface area contributed by atoms with Gasteiger partial charge in [0.15, 0.2) is 11.7 Å². The Balaban J connectivity index is 1.73. The molecular formula is C16H22N2O2. The molecule has 0 aliphatic heterocycles. The van der Waals surface area contributed by atoms with Crippen molar-refractivity contribution in [3.8, 4) is 6.07 Å². The third-order valence-corrected chi connectivity index (χ3v) is 5.67. The van der Waals surface area contributed by atoms with Gasteiger partial charge in [0.1, 0.15) is 0 Å². The summed E-state index contributed by atoms with van der Waals surface area (Å²) in [6.45, 7) is 0. The van der Waals surface area contributed by atoms with Crippen LogP contribution in [0.15, 0.2) is 0 Å². The van der Waals surface area contributed by atoms with Gasteiger partial charge in [0.2, 0.25) is 5.91 Å². The molecule has 1 atom stereocenters. The van der Waals surface area contributed by atoms with E-state index in [9.17, 15) is 9.59 Å². The Labute approximate surface area is 119 Å². The molecular weight excluding hydrogens is 252 g/mol. The summed E-state index contributed by atoms with van der Waals surface area (Å²) in [5, 5.41) is 11.5. The molecule has 1 N–H and O–H groups in total. The highest BCUT2D eigenvalue weighted by Gasteiger charge is 2.52. The first-order valence-corrected chi connectivity index (χ1v) is 7.69. The van der Waals surface area contributed by atoms with Crippen molar-refractivity contribution in [1.82, 2.24) is 5.32 Å². The summed E-state index contributed by atoms with van der Waals surface area (Å²) in [5.74, 6) is 0.614. The second-order valence-corrected chi connectivity index (χ2v) is 7.24.